The Hall–Kier alpha value is -7.37. The maximum atomic E-state index is 6.94. The predicted octanol–water partition coefficient (Wildman–Crippen LogP) is 10.9. The fourth-order valence-corrected chi connectivity index (χ4v) is 8.88. The second kappa shape index (κ2) is 11.6. The van der Waals surface area contributed by atoms with Crippen molar-refractivity contribution < 1.29 is 4.42 Å². The van der Waals surface area contributed by atoms with E-state index in [-0.39, 0.29) is 6.17 Å². The van der Waals surface area contributed by atoms with E-state index in [1.807, 2.05) is 0 Å². The van der Waals surface area contributed by atoms with Crippen molar-refractivity contribution in [2.24, 2.45) is 4.99 Å². The summed E-state index contributed by atoms with van der Waals surface area (Å²) >= 11 is 0. The largest absolute Gasteiger partial charge is 0.454 e. The molecule has 5 nitrogen and oxygen atoms in total. The first-order chi connectivity index (χ1) is 27.3. The van der Waals surface area contributed by atoms with Crippen LogP contribution in [0.4, 0.5) is 0 Å². The van der Waals surface area contributed by atoms with Crippen LogP contribution in [0.5, 0.6) is 0 Å². The fraction of sp³-hybridized carbons (Fsp3) is 0.0200. The van der Waals surface area contributed by atoms with Crippen LogP contribution >= 0.6 is 0 Å². The van der Waals surface area contributed by atoms with Crippen molar-refractivity contribution in [1.29, 1.82) is 0 Å². The average molecular weight is 705 g/mol. The zero-order chi connectivity index (χ0) is 36.0. The van der Waals surface area contributed by atoms with E-state index in [0.29, 0.717) is 0 Å². The standard InChI is InChI=1S/C50H32N4O/c1-3-14-31(15-4-1)48-38-20-7-10-22-41(38)51-50(52-48)32-26-27-36-37-21-13-25-44(49(37)55-47(36)28-32)54-43-24-12-9-19-35(43)40-29-39-34-18-8-11-23-42(34)53(45(39)30-46(40)54)33-16-5-2-6-17-33/h1-30,50,52H. The number of rotatable bonds is 4. The molecule has 12 rings (SSSR count). The van der Waals surface area contributed by atoms with Crippen molar-refractivity contribution in [2.75, 3.05) is 0 Å². The van der Waals surface area contributed by atoms with Gasteiger partial charge in [-0.15, -0.1) is 0 Å². The van der Waals surface area contributed by atoms with Crippen molar-refractivity contribution in [3.05, 3.63) is 204 Å². The molecule has 0 saturated heterocycles. The number of benzene rings is 8. The summed E-state index contributed by atoms with van der Waals surface area (Å²) in [6.07, 6.45) is -0.265. The van der Waals surface area contributed by atoms with Crippen molar-refractivity contribution in [2.45, 2.75) is 6.17 Å². The average Bonchev–Trinajstić information content (AvgIpc) is 3.90. The summed E-state index contributed by atoms with van der Waals surface area (Å²) in [7, 11) is 0. The summed E-state index contributed by atoms with van der Waals surface area (Å²) in [4.78, 5) is 5.17. The molecule has 5 heteroatoms. The molecule has 0 saturated carbocycles. The lowest BCUT2D eigenvalue weighted by Crippen LogP contribution is -2.39. The molecule has 1 N–H and O–H groups in total. The van der Waals surface area contributed by atoms with E-state index in [1.54, 1.807) is 0 Å². The van der Waals surface area contributed by atoms with Gasteiger partial charge in [0.25, 0.3) is 0 Å². The Bertz CT molecular complexity index is 3460. The third-order valence-electron chi connectivity index (χ3n) is 11.3. The van der Waals surface area contributed by atoms with Crippen LogP contribution in [0.3, 0.4) is 0 Å². The van der Waals surface area contributed by atoms with Gasteiger partial charge in [-0.25, -0.2) is 0 Å². The van der Waals surface area contributed by atoms with Gasteiger partial charge in [0.2, 0.25) is 0 Å². The van der Waals surface area contributed by atoms with Crippen molar-refractivity contribution in [3.63, 3.8) is 0 Å². The first-order valence-corrected chi connectivity index (χ1v) is 18.7. The Morgan fingerprint density at radius 3 is 1.93 bits per heavy atom. The van der Waals surface area contributed by atoms with Crippen LogP contribution in [0.1, 0.15) is 17.3 Å². The molecule has 1 unspecified atom stereocenters. The molecule has 0 amide bonds. The Kier molecular flexibility index (Phi) is 6.33. The maximum absolute atomic E-state index is 6.94. The molecule has 0 fully saturated rings. The van der Waals surface area contributed by atoms with E-state index in [9.17, 15) is 0 Å². The zero-order valence-corrected chi connectivity index (χ0v) is 29.6. The summed E-state index contributed by atoms with van der Waals surface area (Å²) in [5.41, 5.74) is 11.7. The lowest BCUT2D eigenvalue weighted by molar-refractivity contribution is 0.629. The molecule has 1 atom stereocenters. The Balaban J connectivity index is 1.07. The van der Waals surface area contributed by atoms with Crippen LogP contribution < -0.4 is 15.9 Å². The molecule has 8 aromatic carbocycles. The second-order valence-corrected chi connectivity index (χ2v) is 14.4. The highest BCUT2D eigenvalue weighted by Gasteiger charge is 2.23. The SMILES string of the molecule is c1ccc(C2=c3ccccc3=NC(c3ccc4c(c3)oc3c(-n5c6ccccc6c6cc7c8ccccc8n(-c8ccccc8)c7cc65)cccc34)N2)cc1. The zero-order valence-electron chi connectivity index (χ0n) is 29.6. The van der Waals surface area contributed by atoms with Crippen LogP contribution in [0.25, 0.3) is 82.6 Å². The minimum atomic E-state index is -0.265. The lowest BCUT2D eigenvalue weighted by atomic mass is 10.0. The highest BCUT2D eigenvalue weighted by molar-refractivity contribution is 6.20. The van der Waals surface area contributed by atoms with Gasteiger partial charge in [0.05, 0.1) is 38.8 Å². The van der Waals surface area contributed by atoms with E-state index < -0.39 is 0 Å². The number of fused-ring (bicyclic) bond motifs is 10. The Morgan fingerprint density at radius 2 is 1.13 bits per heavy atom. The lowest BCUT2D eigenvalue weighted by Gasteiger charge is -2.23. The summed E-state index contributed by atoms with van der Waals surface area (Å²) in [6, 6.07) is 64.7. The van der Waals surface area contributed by atoms with Gasteiger partial charge in [-0.05, 0) is 60.2 Å². The van der Waals surface area contributed by atoms with Crippen LogP contribution in [0.15, 0.2) is 191 Å². The summed E-state index contributed by atoms with van der Waals surface area (Å²) < 4.78 is 11.7. The van der Waals surface area contributed by atoms with Gasteiger partial charge in [0.1, 0.15) is 11.7 Å². The van der Waals surface area contributed by atoms with Crippen LogP contribution in [-0.4, -0.2) is 9.13 Å². The summed E-state index contributed by atoms with van der Waals surface area (Å²) in [5, 5.41) is 12.9. The monoisotopic (exact) mass is 704 g/mol. The minimum Gasteiger partial charge on any atom is -0.454 e. The molecule has 0 spiro atoms. The van der Waals surface area contributed by atoms with Gasteiger partial charge in [0.15, 0.2) is 5.58 Å². The van der Waals surface area contributed by atoms with Gasteiger partial charge < -0.3 is 18.9 Å². The molecule has 0 bridgehead atoms. The molecule has 0 radical (unpaired) electrons. The smallest absolute Gasteiger partial charge is 0.159 e. The third kappa shape index (κ3) is 4.44. The van der Waals surface area contributed by atoms with Gasteiger partial charge >= 0.3 is 0 Å². The number of aromatic nitrogens is 2. The van der Waals surface area contributed by atoms with E-state index in [0.717, 1.165) is 71.7 Å². The number of para-hydroxylation sites is 5. The number of nitrogens with one attached hydrogen (secondary N) is 1. The number of furan rings is 1. The second-order valence-electron chi connectivity index (χ2n) is 14.4. The third-order valence-corrected chi connectivity index (χ3v) is 11.3. The Labute approximate surface area is 315 Å². The van der Waals surface area contributed by atoms with Crippen molar-refractivity contribution in [1.82, 2.24) is 14.5 Å². The molecule has 11 aromatic rings. The topological polar surface area (TPSA) is 47.4 Å². The van der Waals surface area contributed by atoms with Gasteiger partial charge in [-0.3, -0.25) is 4.99 Å². The molecule has 3 aromatic heterocycles. The molecule has 4 heterocycles. The molecule has 258 valence electrons. The molecular formula is C50H32N4O. The first kappa shape index (κ1) is 30.1. The van der Waals surface area contributed by atoms with Gasteiger partial charge in [0, 0.05) is 48.8 Å². The number of nitrogens with zero attached hydrogens (tertiary/aromatic N) is 3. The highest BCUT2D eigenvalue weighted by atomic mass is 16.3. The fourth-order valence-electron chi connectivity index (χ4n) is 8.88. The highest BCUT2D eigenvalue weighted by Crippen LogP contribution is 2.42. The van der Waals surface area contributed by atoms with Gasteiger partial charge in [-0.1, -0.05) is 127 Å². The predicted molar refractivity (Wildman–Crippen MR) is 224 cm³/mol. The summed E-state index contributed by atoms with van der Waals surface area (Å²) in [6.45, 7) is 0. The first-order valence-electron chi connectivity index (χ1n) is 18.7. The van der Waals surface area contributed by atoms with E-state index in [2.05, 4.69) is 196 Å². The van der Waals surface area contributed by atoms with E-state index in [4.69, 9.17) is 9.41 Å². The molecule has 0 aliphatic carbocycles. The number of hydrogen-bond donors (Lipinski definition) is 1. The van der Waals surface area contributed by atoms with Crippen LogP contribution in [0, 0.1) is 0 Å². The molecule has 1 aliphatic heterocycles. The Morgan fingerprint density at radius 1 is 0.473 bits per heavy atom. The van der Waals surface area contributed by atoms with Crippen LogP contribution in [0.2, 0.25) is 0 Å². The normalized spacial score (nSPS) is 14.3. The van der Waals surface area contributed by atoms with Crippen molar-refractivity contribution >= 4 is 71.2 Å². The molecule has 55 heavy (non-hydrogen) atoms. The van der Waals surface area contributed by atoms with Gasteiger partial charge in [-0.2, -0.15) is 0 Å². The van der Waals surface area contributed by atoms with Crippen LogP contribution in [-0.2, 0) is 0 Å². The maximum Gasteiger partial charge on any atom is 0.159 e. The quantitative estimate of drug-likeness (QED) is 0.198. The van der Waals surface area contributed by atoms with E-state index >= 15 is 0 Å². The minimum absolute atomic E-state index is 0.265. The van der Waals surface area contributed by atoms with Crippen molar-refractivity contribution in [3.8, 4) is 11.4 Å². The molecule has 1 aliphatic rings. The molecular weight excluding hydrogens is 673 g/mol. The summed E-state index contributed by atoms with van der Waals surface area (Å²) in [5.74, 6) is 0. The van der Waals surface area contributed by atoms with E-state index in [1.165, 1.54) is 32.6 Å². The number of hydrogen-bond acceptors (Lipinski definition) is 3.